The zero-order chi connectivity index (χ0) is 13.4. The molecule has 1 aromatic carbocycles. The summed E-state index contributed by atoms with van der Waals surface area (Å²) in [4.78, 5) is 22.1. The highest BCUT2D eigenvalue weighted by Crippen LogP contribution is 2.54. The largest absolute Gasteiger partial charge is 0.481 e. The van der Waals surface area contributed by atoms with E-state index in [0.717, 1.165) is 12.8 Å². The molecule has 2 aliphatic rings. The fourth-order valence-corrected chi connectivity index (χ4v) is 3.24. The molecule has 0 radical (unpaired) electrons. The molecule has 0 saturated heterocycles. The van der Waals surface area contributed by atoms with Crippen molar-refractivity contribution in [3.63, 3.8) is 0 Å². The number of carboxylic acid groups (broad SMARTS) is 1. The Hall–Kier alpha value is -1.84. The van der Waals surface area contributed by atoms with Crippen LogP contribution in [0.25, 0.3) is 0 Å². The molecule has 0 aromatic heterocycles. The van der Waals surface area contributed by atoms with Crippen LogP contribution in [-0.2, 0) is 16.0 Å². The molecule has 0 heterocycles. The van der Waals surface area contributed by atoms with Crippen molar-refractivity contribution in [1.82, 2.24) is 5.32 Å². The molecule has 1 fully saturated rings. The standard InChI is InChI=1S/C15H17NO3/c17-12(7-8-13(18)19)16-15-11-6-5-9-3-1-2-4-10(9)14(11)15/h1-4,11,14-15H,5-8H2,(H,16,17)(H,18,19). The van der Waals surface area contributed by atoms with E-state index >= 15 is 0 Å². The maximum absolute atomic E-state index is 11.7. The van der Waals surface area contributed by atoms with Gasteiger partial charge in [0, 0.05) is 18.4 Å². The van der Waals surface area contributed by atoms with Gasteiger partial charge in [0.25, 0.3) is 0 Å². The number of amides is 1. The summed E-state index contributed by atoms with van der Waals surface area (Å²) in [7, 11) is 0. The molecule has 2 aliphatic carbocycles. The minimum atomic E-state index is -0.922. The van der Waals surface area contributed by atoms with Crippen LogP contribution in [0.4, 0.5) is 0 Å². The number of hydrogen-bond acceptors (Lipinski definition) is 2. The van der Waals surface area contributed by atoms with Gasteiger partial charge >= 0.3 is 5.97 Å². The van der Waals surface area contributed by atoms with Crippen molar-refractivity contribution in [3.05, 3.63) is 35.4 Å². The highest BCUT2D eigenvalue weighted by Gasteiger charge is 2.53. The third-order valence-corrected chi connectivity index (χ3v) is 4.22. The summed E-state index contributed by atoms with van der Waals surface area (Å²) in [6.07, 6.45) is 2.18. The summed E-state index contributed by atoms with van der Waals surface area (Å²) < 4.78 is 0. The molecular weight excluding hydrogens is 242 g/mol. The molecule has 3 rings (SSSR count). The average Bonchev–Trinajstić information content (AvgIpc) is 3.10. The zero-order valence-electron chi connectivity index (χ0n) is 10.6. The van der Waals surface area contributed by atoms with E-state index < -0.39 is 5.97 Å². The second-order valence-corrected chi connectivity index (χ2v) is 5.41. The van der Waals surface area contributed by atoms with Crippen molar-refractivity contribution in [3.8, 4) is 0 Å². The van der Waals surface area contributed by atoms with Crippen LogP contribution < -0.4 is 5.32 Å². The molecule has 0 aliphatic heterocycles. The molecule has 3 unspecified atom stereocenters. The summed E-state index contributed by atoms with van der Waals surface area (Å²) in [5, 5.41) is 11.6. The van der Waals surface area contributed by atoms with Crippen LogP contribution >= 0.6 is 0 Å². The van der Waals surface area contributed by atoms with Gasteiger partial charge < -0.3 is 10.4 Å². The Bertz CT molecular complexity index is 526. The van der Waals surface area contributed by atoms with Crippen molar-refractivity contribution in [1.29, 1.82) is 0 Å². The Labute approximate surface area is 111 Å². The van der Waals surface area contributed by atoms with E-state index in [1.807, 2.05) is 6.07 Å². The number of hydrogen-bond donors (Lipinski definition) is 2. The Balaban J connectivity index is 1.62. The average molecular weight is 259 g/mol. The van der Waals surface area contributed by atoms with Gasteiger partial charge in [0.2, 0.25) is 5.91 Å². The van der Waals surface area contributed by atoms with Gasteiger partial charge in [-0.1, -0.05) is 24.3 Å². The van der Waals surface area contributed by atoms with Crippen LogP contribution in [0.15, 0.2) is 24.3 Å². The number of nitrogens with one attached hydrogen (secondary N) is 1. The second kappa shape index (κ2) is 4.68. The van der Waals surface area contributed by atoms with Crippen molar-refractivity contribution >= 4 is 11.9 Å². The number of aryl methyl sites for hydroxylation is 1. The monoisotopic (exact) mass is 259 g/mol. The minimum absolute atomic E-state index is 0.0763. The molecule has 19 heavy (non-hydrogen) atoms. The van der Waals surface area contributed by atoms with Gasteiger partial charge in [-0.15, -0.1) is 0 Å². The number of carboxylic acids is 1. The molecule has 4 nitrogen and oxygen atoms in total. The van der Waals surface area contributed by atoms with Crippen molar-refractivity contribution in [2.24, 2.45) is 5.92 Å². The van der Waals surface area contributed by atoms with Crippen molar-refractivity contribution < 1.29 is 14.7 Å². The Morgan fingerprint density at radius 2 is 2.05 bits per heavy atom. The lowest BCUT2D eigenvalue weighted by Gasteiger charge is -2.13. The lowest BCUT2D eigenvalue weighted by atomic mass is 9.92. The summed E-state index contributed by atoms with van der Waals surface area (Å²) >= 11 is 0. The predicted octanol–water partition coefficient (Wildman–Crippen LogP) is 1.70. The first kappa shape index (κ1) is 12.2. The van der Waals surface area contributed by atoms with Crippen LogP contribution in [0, 0.1) is 5.92 Å². The van der Waals surface area contributed by atoms with Crippen LogP contribution in [0.5, 0.6) is 0 Å². The number of carbonyl (C=O) groups is 2. The van der Waals surface area contributed by atoms with Crippen LogP contribution in [-0.4, -0.2) is 23.0 Å². The van der Waals surface area contributed by atoms with Gasteiger partial charge in [0.15, 0.2) is 0 Å². The van der Waals surface area contributed by atoms with E-state index in [0.29, 0.717) is 11.8 Å². The summed E-state index contributed by atoms with van der Waals surface area (Å²) in [6.45, 7) is 0. The van der Waals surface area contributed by atoms with Gasteiger partial charge in [-0.3, -0.25) is 9.59 Å². The van der Waals surface area contributed by atoms with E-state index in [9.17, 15) is 9.59 Å². The number of carbonyl (C=O) groups excluding carboxylic acids is 1. The molecule has 100 valence electrons. The summed E-state index contributed by atoms with van der Waals surface area (Å²) in [5.74, 6) is -0.0737. The number of aliphatic carboxylic acids is 1. The molecular formula is C15H17NO3. The molecule has 1 amide bonds. The Morgan fingerprint density at radius 3 is 2.84 bits per heavy atom. The summed E-state index contributed by atoms with van der Waals surface area (Å²) in [6, 6.07) is 8.62. The van der Waals surface area contributed by atoms with E-state index in [-0.39, 0.29) is 24.8 Å². The summed E-state index contributed by atoms with van der Waals surface area (Å²) in [5.41, 5.74) is 2.76. The topological polar surface area (TPSA) is 66.4 Å². The zero-order valence-corrected chi connectivity index (χ0v) is 10.6. The SMILES string of the molecule is O=C(O)CCC(=O)NC1C2CCc3ccccc3C21. The molecule has 1 aromatic rings. The quantitative estimate of drug-likeness (QED) is 0.864. The molecule has 1 saturated carbocycles. The van der Waals surface area contributed by atoms with Crippen LogP contribution in [0.3, 0.4) is 0 Å². The smallest absolute Gasteiger partial charge is 0.303 e. The first-order chi connectivity index (χ1) is 9.16. The molecule has 4 heteroatoms. The minimum Gasteiger partial charge on any atom is -0.481 e. The van der Waals surface area contributed by atoms with Crippen molar-refractivity contribution in [2.45, 2.75) is 37.6 Å². The highest BCUT2D eigenvalue weighted by molar-refractivity contribution is 5.81. The number of fused-ring (bicyclic) bond motifs is 3. The number of rotatable bonds is 4. The van der Waals surface area contributed by atoms with Gasteiger partial charge in [-0.25, -0.2) is 0 Å². The van der Waals surface area contributed by atoms with E-state index in [2.05, 4.69) is 23.5 Å². The fraction of sp³-hybridized carbons (Fsp3) is 0.467. The molecule has 3 atom stereocenters. The Kier molecular flexibility index (Phi) is 3.01. The third-order valence-electron chi connectivity index (χ3n) is 4.22. The second-order valence-electron chi connectivity index (χ2n) is 5.41. The Morgan fingerprint density at radius 1 is 1.26 bits per heavy atom. The van der Waals surface area contributed by atoms with Gasteiger partial charge in [-0.2, -0.15) is 0 Å². The molecule has 2 N–H and O–H groups in total. The van der Waals surface area contributed by atoms with Gasteiger partial charge in [0.1, 0.15) is 0 Å². The van der Waals surface area contributed by atoms with Crippen LogP contribution in [0.2, 0.25) is 0 Å². The maximum atomic E-state index is 11.7. The lowest BCUT2D eigenvalue weighted by Crippen LogP contribution is -2.27. The first-order valence-corrected chi connectivity index (χ1v) is 6.76. The molecule has 0 bridgehead atoms. The van der Waals surface area contributed by atoms with E-state index in [1.54, 1.807) is 0 Å². The fourth-order valence-electron chi connectivity index (χ4n) is 3.24. The van der Waals surface area contributed by atoms with E-state index in [1.165, 1.54) is 11.1 Å². The predicted molar refractivity (Wildman–Crippen MR) is 69.8 cm³/mol. The highest BCUT2D eigenvalue weighted by atomic mass is 16.4. The van der Waals surface area contributed by atoms with Gasteiger partial charge in [-0.05, 0) is 29.9 Å². The van der Waals surface area contributed by atoms with E-state index in [4.69, 9.17) is 5.11 Å². The first-order valence-electron chi connectivity index (χ1n) is 6.76. The van der Waals surface area contributed by atoms with Gasteiger partial charge in [0.05, 0.1) is 6.42 Å². The van der Waals surface area contributed by atoms with Crippen LogP contribution in [0.1, 0.15) is 36.3 Å². The lowest BCUT2D eigenvalue weighted by molar-refractivity contribution is -0.138. The normalized spacial score (nSPS) is 27.1. The maximum Gasteiger partial charge on any atom is 0.303 e. The third kappa shape index (κ3) is 2.35. The van der Waals surface area contributed by atoms with Crippen molar-refractivity contribution in [2.75, 3.05) is 0 Å². The number of benzene rings is 1. The molecule has 0 spiro atoms.